The molecule has 0 fully saturated rings. The Labute approximate surface area is 132 Å². The molecule has 0 aliphatic rings. The van der Waals surface area contributed by atoms with Crippen molar-refractivity contribution in [2.45, 2.75) is 6.54 Å². The molecule has 0 atom stereocenters. The van der Waals surface area contributed by atoms with E-state index in [4.69, 9.17) is 9.15 Å². The standard InChI is InChI=1S/C16H14N4O3/c1-22-13-6-4-11(5-7-13)16-20-19-14(23-16)10-18-15(21)12-3-2-8-17-9-12/h2-9H,10H2,1H3,(H,18,21). The van der Waals surface area contributed by atoms with Gasteiger partial charge in [0.25, 0.3) is 5.91 Å². The Hall–Kier alpha value is -3.22. The van der Waals surface area contributed by atoms with Gasteiger partial charge in [-0.25, -0.2) is 0 Å². The maximum atomic E-state index is 11.9. The molecule has 3 aromatic rings. The van der Waals surface area contributed by atoms with Crippen LogP contribution in [0.15, 0.2) is 53.2 Å². The van der Waals surface area contributed by atoms with Gasteiger partial charge in [0, 0.05) is 18.0 Å². The summed E-state index contributed by atoms with van der Waals surface area (Å²) in [4.78, 5) is 15.8. The van der Waals surface area contributed by atoms with E-state index in [0.717, 1.165) is 11.3 Å². The minimum atomic E-state index is -0.248. The summed E-state index contributed by atoms with van der Waals surface area (Å²) in [5.41, 5.74) is 1.26. The van der Waals surface area contributed by atoms with Gasteiger partial charge in [0.2, 0.25) is 11.8 Å². The van der Waals surface area contributed by atoms with Crippen LogP contribution in [0.4, 0.5) is 0 Å². The van der Waals surface area contributed by atoms with Gasteiger partial charge in [-0.1, -0.05) is 0 Å². The first-order valence-electron chi connectivity index (χ1n) is 6.91. The summed E-state index contributed by atoms with van der Waals surface area (Å²) >= 11 is 0. The first kappa shape index (κ1) is 14.7. The van der Waals surface area contributed by atoms with Crippen LogP contribution in [0.1, 0.15) is 16.2 Å². The van der Waals surface area contributed by atoms with E-state index in [0.29, 0.717) is 17.3 Å². The molecule has 0 bridgehead atoms. The normalized spacial score (nSPS) is 10.3. The Bertz CT molecular complexity index is 785. The van der Waals surface area contributed by atoms with E-state index in [9.17, 15) is 4.79 Å². The predicted molar refractivity (Wildman–Crippen MR) is 81.7 cm³/mol. The lowest BCUT2D eigenvalue weighted by atomic mass is 10.2. The lowest BCUT2D eigenvalue weighted by Gasteiger charge is -2.01. The highest BCUT2D eigenvalue weighted by Gasteiger charge is 2.11. The second-order valence-electron chi connectivity index (χ2n) is 4.65. The molecule has 0 unspecified atom stereocenters. The van der Waals surface area contributed by atoms with E-state index in [1.807, 2.05) is 24.3 Å². The number of hydrogen-bond donors (Lipinski definition) is 1. The molecule has 1 amide bonds. The summed E-state index contributed by atoms with van der Waals surface area (Å²) in [5.74, 6) is 1.21. The summed E-state index contributed by atoms with van der Waals surface area (Å²) in [6, 6.07) is 10.6. The van der Waals surface area contributed by atoms with E-state index in [-0.39, 0.29) is 12.5 Å². The third-order valence-corrected chi connectivity index (χ3v) is 3.13. The Morgan fingerprint density at radius 2 is 2.04 bits per heavy atom. The summed E-state index contributed by atoms with van der Waals surface area (Å²) in [5, 5.41) is 10.6. The second kappa shape index (κ2) is 6.69. The lowest BCUT2D eigenvalue weighted by molar-refractivity contribution is 0.0947. The van der Waals surface area contributed by atoms with Crippen LogP contribution in [0.25, 0.3) is 11.5 Å². The molecule has 7 heteroatoms. The van der Waals surface area contributed by atoms with Gasteiger partial charge in [-0.2, -0.15) is 0 Å². The zero-order chi connectivity index (χ0) is 16.1. The number of pyridine rings is 1. The van der Waals surface area contributed by atoms with Crippen molar-refractivity contribution in [3.63, 3.8) is 0 Å². The molecule has 116 valence electrons. The molecule has 7 nitrogen and oxygen atoms in total. The fourth-order valence-electron chi connectivity index (χ4n) is 1.93. The number of benzene rings is 1. The average Bonchev–Trinajstić information content (AvgIpc) is 3.09. The minimum absolute atomic E-state index is 0.150. The molecule has 0 aliphatic heterocycles. The summed E-state index contributed by atoms with van der Waals surface area (Å²) in [7, 11) is 1.60. The molecule has 0 saturated heterocycles. The molecule has 1 N–H and O–H groups in total. The molecule has 0 saturated carbocycles. The van der Waals surface area contributed by atoms with Crippen molar-refractivity contribution in [3.05, 3.63) is 60.2 Å². The third kappa shape index (κ3) is 3.52. The van der Waals surface area contributed by atoms with Gasteiger partial charge >= 0.3 is 0 Å². The molecule has 0 radical (unpaired) electrons. The Balaban J connectivity index is 1.64. The maximum absolute atomic E-state index is 11.9. The minimum Gasteiger partial charge on any atom is -0.497 e. The number of carbonyl (C=O) groups is 1. The highest BCUT2D eigenvalue weighted by atomic mass is 16.5. The van der Waals surface area contributed by atoms with Crippen LogP contribution in [0.3, 0.4) is 0 Å². The summed E-state index contributed by atoms with van der Waals surface area (Å²) in [6.07, 6.45) is 3.10. The summed E-state index contributed by atoms with van der Waals surface area (Å²) < 4.78 is 10.6. The molecule has 3 rings (SSSR count). The van der Waals surface area contributed by atoms with Crippen molar-refractivity contribution in [2.24, 2.45) is 0 Å². The van der Waals surface area contributed by atoms with E-state index >= 15 is 0 Å². The van der Waals surface area contributed by atoms with Gasteiger partial charge in [-0.3, -0.25) is 9.78 Å². The van der Waals surface area contributed by atoms with Gasteiger partial charge in [0.1, 0.15) is 5.75 Å². The maximum Gasteiger partial charge on any atom is 0.253 e. The van der Waals surface area contributed by atoms with Crippen molar-refractivity contribution in [1.82, 2.24) is 20.5 Å². The van der Waals surface area contributed by atoms with Crippen LogP contribution in [0, 0.1) is 0 Å². The van der Waals surface area contributed by atoms with Crippen LogP contribution >= 0.6 is 0 Å². The number of rotatable bonds is 5. The number of methoxy groups -OCH3 is 1. The average molecular weight is 310 g/mol. The van der Waals surface area contributed by atoms with Gasteiger partial charge in [0.15, 0.2) is 0 Å². The molecular weight excluding hydrogens is 296 g/mol. The van der Waals surface area contributed by atoms with Crippen LogP contribution in [0.5, 0.6) is 5.75 Å². The van der Waals surface area contributed by atoms with Crippen LogP contribution < -0.4 is 10.1 Å². The number of nitrogens with one attached hydrogen (secondary N) is 1. The second-order valence-corrected chi connectivity index (χ2v) is 4.65. The lowest BCUT2D eigenvalue weighted by Crippen LogP contribution is -2.23. The quantitative estimate of drug-likeness (QED) is 0.776. The fraction of sp³-hybridized carbons (Fsp3) is 0.125. The Kier molecular flexibility index (Phi) is 4.28. The van der Waals surface area contributed by atoms with E-state index < -0.39 is 0 Å². The van der Waals surface area contributed by atoms with E-state index in [1.165, 1.54) is 6.20 Å². The highest BCUT2D eigenvalue weighted by Crippen LogP contribution is 2.21. The third-order valence-electron chi connectivity index (χ3n) is 3.13. The van der Waals surface area contributed by atoms with Crippen LogP contribution in [-0.4, -0.2) is 28.2 Å². The smallest absolute Gasteiger partial charge is 0.253 e. The van der Waals surface area contributed by atoms with Gasteiger partial charge in [-0.15, -0.1) is 10.2 Å². The van der Waals surface area contributed by atoms with Gasteiger partial charge < -0.3 is 14.5 Å². The molecule has 0 spiro atoms. The molecule has 23 heavy (non-hydrogen) atoms. The van der Waals surface area contributed by atoms with E-state index in [2.05, 4.69) is 20.5 Å². The first-order chi connectivity index (χ1) is 11.3. The SMILES string of the molecule is COc1ccc(-c2nnc(CNC(=O)c3cccnc3)o2)cc1. The van der Waals surface area contributed by atoms with Crippen molar-refractivity contribution in [2.75, 3.05) is 7.11 Å². The number of aromatic nitrogens is 3. The van der Waals surface area contributed by atoms with Crippen LogP contribution in [-0.2, 0) is 6.54 Å². The number of carbonyl (C=O) groups excluding carboxylic acids is 1. The number of nitrogens with zero attached hydrogens (tertiary/aromatic N) is 3. The molecule has 1 aromatic carbocycles. The van der Waals surface area contributed by atoms with Crippen molar-refractivity contribution in [3.8, 4) is 17.2 Å². The molecule has 2 aromatic heterocycles. The first-order valence-corrected chi connectivity index (χ1v) is 6.91. The molecular formula is C16H14N4O3. The predicted octanol–water partition coefficient (Wildman–Crippen LogP) is 2.07. The zero-order valence-corrected chi connectivity index (χ0v) is 12.4. The highest BCUT2D eigenvalue weighted by molar-refractivity contribution is 5.93. The van der Waals surface area contributed by atoms with Crippen molar-refractivity contribution in [1.29, 1.82) is 0 Å². The Morgan fingerprint density at radius 1 is 1.22 bits per heavy atom. The topological polar surface area (TPSA) is 90.1 Å². The number of ether oxygens (including phenoxy) is 1. The number of hydrogen-bond acceptors (Lipinski definition) is 6. The van der Waals surface area contributed by atoms with Crippen molar-refractivity contribution < 1.29 is 13.9 Å². The van der Waals surface area contributed by atoms with E-state index in [1.54, 1.807) is 25.4 Å². The van der Waals surface area contributed by atoms with Gasteiger partial charge in [-0.05, 0) is 36.4 Å². The van der Waals surface area contributed by atoms with Crippen molar-refractivity contribution >= 4 is 5.91 Å². The summed E-state index contributed by atoms with van der Waals surface area (Å²) in [6.45, 7) is 0.150. The van der Waals surface area contributed by atoms with Crippen LogP contribution in [0.2, 0.25) is 0 Å². The fourth-order valence-corrected chi connectivity index (χ4v) is 1.93. The molecule has 2 heterocycles. The van der Waals surface area contributed by atoms with Gasteiger partial charge in [0.05, 0.1) is 19.2 Å². The Morgan fingerprint density at radius 3 is 2.74 bits per heavy atom. The largest absolute Gasteiger partial charge is 0.497 e. The molecule has 0 aliphatic carbocycles. The monoisotopic (exact) mass is 310 g/mol. The zero-order valence-electron chi connectivity index (χ0n) is 12.4. The number of amides is 1.